The molecule has 0 bridgehead atoms. The van der Waals surface area contributed by atoms with E-state index in [0.717, 1.165) is 26.1 Å². The molecule has 0 fully saturated rings. The molecule has 0 saturated carbocycles. The van der Waals surface area contributed by atoms with Crippen molar-refractivity contribution in [3.8, 4) is 0 Å². The Hall–Kier alpha value is -1.70. The van der Waals surface area contributed by atoms with Gasteiger partial charge in [0.1, 0.15) is 17.3 Å². The molecule has 0 spiro atoms. The summed E-state index contributed by atoms with van der Waals surface area (Å²) in [6.07, 6.45) is 3.62. The molecule has 9 heteroatoms. The molecule has 2 aromatic heterocycles. The Morgan fingerprint density at radius 1 is 1.11 bits per heavy atom. The number of hydrogen-bond donors (Lipinski definition) is 0. The highest BCUT2D eigenvalue weighted by Crippen LogP contribution is 2.31. The van der Waals surface area contributed by atoms with Gasteiger partial charge in [-0.1, -0.05) is 57.8 Å². The van der Waals surface area contributed by atoms with Gasteiger partial charge in [0.25, 0.3) is 0 Å². The second-order valence-electron chi connectivity index (χ2n) is 5.66. The summed E-state index contributed by atoms with van der Waals surface area (Å²) < 4.78 is 1.98. The van der Waals surface area contributed by atoms with Gasteiger partial charge in [0.15, 0.2) is 4.96 Å². The predicted octanol–water partition coefficient (Wildman–Crippen LogP) is 7.06. The molecule has 4 rings (SSSR count). The number of oxime groups is 1. The number of aromatic nitrogens is 2. The molecule has 0 aliphatic heterocycles. The van der Waals surface area contributed by atoms with Crippen LogP contribution >= 0.6 is 57.9 Å². The summed E-state index contributed by atoms with van der Waals surface area (Å²) in [5.41, 5.74) is 1.66. The summed E-state index contributed by atoms with van der Waals surface area (Å²) in [7, 11) is 0. The summed E-state index contributed by atoms with van der Waals surface area (Å²) in [5, 5.41) is 8.76. The van der Waals surface area contributed by atoms with Gasteiger partial charge in [-0.25, -0.2) is 4.98 Å². The van der Waals surface area contributed by atoms with E-state index in [1.165, 1.54) is 0 Å². The predicted molar refractivity (Wildman–Crippen MR) is 117 cm³/mol. The number of hydrogen-bond acceptors (Lipinski definition) is 5. The molecule has 0 unspecified atom stereocenters. The minimum Gasteiger partial charge on any atom is -0.391 e. The first-order chi connectivity index (χ1) is 13.6. The van der Waals surface area contributed by atoms with Crippen molar-refractivity contribution < 1.29 is 4.84 Å². The third-order valence-corrected chi connectivity index (χ3v) is 6.38. The molecular weight excluding hydrogens is 457 g/mol. The summed E-state index contributed by atoms with van der Waals surface area (Å²) >= 11 is 21.1. The highest BCUT2D eigenvalue weighted by molar-refractivity contribution is 7.99. The zero-order valence-corrected chi connectivity index (χ0v) is 18.1. The van der Waals surface area contributed by atoms with E-state index in [1.54, 1.807) is 41.4 Å². The van der Waals surface area contributed by atoms with Crippen LogP contribution in [0.4, 0.5) is 0 Å². The van der Waals surface area contributed by atoms with E-state index in [4.69, 9.17) is 39.6 Å². The van der Waals surface area contributed by atoms with Crippen LogP contribution in [0.2, 0.25) is 15.1 Å². The minimum absolute atomic E-state index is 0.248. The number of halogens is 3. The van der Waals surface area contributed by atoms with Crippen LogP contribution in [-0.4, -0.2) is 15.6 Å². The molecule has 0 aliphatic carbocycles. The average Bonchev–Trinajstić information content (AvgIpc) is 3.24. The summed E-state index contributed by atoms with van der Waals surface area (Å²) in [6.45, 7) is 0.248. The van der Waals surface area contributed by atoms with Gasteiger partial charge in [-0.2, -0.15) is 0 Å². The number of fused-ring (bicyclic) bond motifs is 1. The molecule has 2 aromatic carbocycles. The van der Waals surface area contributed by atoms with Crippen LogP contribution in [0.1, 0.15) is 11.3 Å². The highest BCUT2D eigenvalue weighted by atomic mass is 35.5. The van der Waals surface area contributed by atoms with Crippen molar-refractivity contribution in [3.05, 3.63) is 80.4 Å². The Morgan fingerprint density at radius 3 is 2.68 bits per heavy atom. The van der Waals surface area contributed by atoms with E-state index >= 15 is 0 Å². The van der Waals surface area contributed by atoms with Gasteiger partial charge in [0, 0.05) is 37.1 Å². The highest BCUT2D eigenvalue weighted by Gasteiger charge is 2.13. The van der Waals surface area contributed by atoms with Crippen LogP contribution < -0.4 is 0 Å². The van der Waals surface area contributed by atoms with Gasteiger partial charge in [-0.05, 0) is 36.4 Å². The van der Waals surface area contributed by atoms with Crippen molar-refractivity contribution in [1.82, 2.24) is 9.38 Å². The Morgan fingerprint density at radius 2 is 1.89 bits per heavy atom. The first kappa shape index (κ1) is 19.6. The maximum Gasteiger partial charge on any atom is 0.195 e. The largest absolute Gasteiger partial charge is 0.391 e. The van der Waals surface area contributed by atoms with Crippen molar-refractivity contribution in [3.63, 3.8) is 0 Å². The topological polar surface area (TPSA) is 38.9 Å². The van der Waals surface area contributed by atoms with Crippen LogP contribution in [0.15, 0.2) is 69.1 Å². The summed E-state index contributed by atoms with van der Waals surface area (Å²) in [6, 6.07) is 12.9. The van der Waals surface area contributed by atoms with Crippen LogP contribution in [0.5, 0.6) is 0 Å². The van der Waals surface area contributed by atoms with Crippen LogP contribution in [0.25, 0.3) is 4.96 Å². The molecule has 0 aliphatic rings. The lowest BCUT2D eigenvalue weighted by Crippen LogP contribution is -1.93. The summed E-state index contributed by atoms with van der Waals surface area (Å²) in [4.78, 5) is 12.0. The van der Waals surface area contributed by atoms with E-state index in [-0.39, 0.29) is 6.61 Å². The van der Waals surface area contributed by atoms with E-state index < -0.39 is 0 Å². The second-order valence-corrected chi connectivity index (χ2v) is 8.87. The zero-order chi connectivity index (χ0) is 19.5. The van der Waals surface area contributed by atoms with Gasteiger partial charge >= 0.3 is 0 Å². The van der Waals surface area contributed by atoms with Crippen LogP contribution in [0, 0.1) is 0 Å². The van der Waals surface area contributed by atoms with Crippen molar-refractivity contribution in [2.45, 2.75) is 16.5 Å². The Balaban J connectivity index is 1.52. The lowest BCUT2D eigenvalue weighted by atomic mass is 10.2. The maximum atomic E-state index is 6.16. The lowest BCUT2D eigenvalue weighted by molar-refractivity contribution is 0.132. The molecular formula is C19H12Cl3N3OS2. The average molecular weight is 469 g/mol. The van der Waals surface area contributed by atoms with Crippen molar-refractivity contribution in [2.24, 2.45) is 5.16 Å². The van der Waals surface area contributed by atoms with Gasteiger partial charge in [-0.15, -0.1) is 11.3 Å². The molecule has 4 aromatic rings. The fourth-order valence-electron chi connectivity index (χ4n) is 2.42. The lowest BCUT2D eigenvalue weighted by Gasteiger charge is -2.03. The molecule has 28 heavy (non-hydrogen) atoms. The van der Waals surface area contributed by atoms with E-state index in [0.29, 0.717) is 15.1 Å². The molecule has 0 N–H and O–H groups in total. The normalized spacial score (nSPS) is 11.5. The zero-order valence-electron chi connectivity index (χ0n) is 14.2. The monoisotopic (exact) mass is 467 g/mol. The minimum atomic E-state index is 0.248. The fraction of sp³-hybridized carbons (Fsp3) is 0.0526. The second kappa shape index (κ2) is 8.76. The molecule has 0 radical (unpaired) electrons. The third-order valence-electron chi connectivity index (χ3n) is 3.78. The first-order valence-corrected chi connectivity index (χ1v) is 10.9. The van der Waals surface area contributed by atoms with E-state index in [2.05, 4.69) is 10.1 Å². The molecule has 2 heterocycles. The Kier molecular flexibility index (Phi) is 6.13. The quantitative estimate of drug-likeness (QED) is 0.225. The van der Waals surface area contributed by atoms with Crippen molar-refractivity contribution in [2.75, 3.05) is 0 Å². The van der Waals surface area contributed by atoms with Crippen molar-refractivity contribution in [1.29, 1.82) is 0 Å². The Labute approximate surface area is 184 Å². The smallest absolute Gasteiger partial charge is 0.195 e. The number of thiazole rings is 1. The molecule has 0 saturated heterocycles. The third kappa shape index (κ3) is 4.47. The number of imidazole rings is 1. The van der Waals surface area contributed by atoms with Gasteiger partial charge in [-0.3, -0.25) is 4.40 Å². The molecule has 0 amide bonds. The van der Waals surface area contributed by atoms with E-state index in [1.807, 2.05) is 46.3 Å². The SMILES string of the molecule is Clc1ccc(Sc2nc3sccn3c2C=NOCc2ccc(Cl)cc2Cl)cc1. The first-order valence-electron chi connectivity index (χ1n) is 8.08. The van der Waals surface area contributed by atoms with Gasteiger partial charge in [0.2, 0.25) is 0 Å². The van der Waals surface area contributed by atoms with Crippen LogP contribution in [0.3, 0.4) is 0 Å². The van der Waals surface area contributed by atoms with Gasteiger partial charge in [0.05, 0.1) is 6.21 Å². The summed E-state index contributed by atoms with van der Waals surface area (Å²) in [5.74, 6) is 0. The molecule has 142 valence electrons. The van der Waals surface area contributed by atoms with Crippen molar-refractivity contribution >= 4 is 69.1 Å². The van der Waals surface area contributed by atoms with E-state index in [9.17, 15) is 0 Å². The van der Waals surface area contributed by atoms with Gasteiger partial charge < -0.3 is 4.84 Å². The number of benzene rings is 2. The number of rotatable bonds is 6. The van der Waals surface area contributed by atoms with Crippen LogP contribution in [-0.2, 0) is 11.4 Å². The molecule has 0 atom stereocenters. The fourth-order valence-corrected chi connectivity index (χ4v) is 4.67. The maximum absolute atomic E-state index is 6.16. The standard InChI is InChI=1S/C19H12Cl3N3OS2/c20-13-3-5-15(6-4-13)28-18-17(25-7-8-27-19(25)24-18)10-23-26-11-12-1-2-14(21)9-16(12)22/h1-10H,11H2. The Bertz CT molecular complexity index is 1140. The number of nitrogens with zero attached hydrogens (tertiary/aromatic N) is 3. The molecule has 4 nitrogen and oxygen atoms in total.